The molecule has 2 aromatic heterocycles. The predicted octanol–water partition coefficient (Wildman–Crippen LogP) is 4.01. The molecule has 3 rings (SSSR count). The number of nitrogens with zero attached hydrogens (tertiary/aromatic N) is 3. The lowest BCUT2D eigenvalue weighted by Gasteiger charge is -2.12. The summed E-state index contributed by atoms with van der Waals surface area (Å²) in [7, 11) is 0. The number of hydrogen-bond donors (Lipinski definition) is 2. The van der Waals surface area contributed by atoms with Crippen LogP contribution < -0.4 is 10.6 Å². The fourth-order valence-corrected chi connectivity index (χ4v) is 2.38. The number of anilines is 2. The topological polar surface area (TPSA) is 90.7 Å². The number of aromatic nitrogens is 2. The third-order valence-electron chi connectivity index (χ3n) is 3.61. The number of rotatable bonds is 5. The number of carbonyl (C=O) groups is 1. The van der Waals surface area contributed by atoms with Crippen LogP contribution in [-0.2, 0) is 6.54 Å². The van der Waals surface area contributed by atoms with Crippen LogP contribution in [0.5, 0.6) is 0 Å². The zero-order valence-electron chi connectivity index (χ0n) is 13.9. The van der Waals surface area contributed by atoms with Crippen molar-refractivity contribution >= 4 is 29.0 Å². The van der Waals surface area contributed by atoms with Crippen molar-refractivity contribution in [2.45, 2.75) is 6.54 Å². The highest BCUT2D eigenvalue weighted by Gasteiger charge is 2.14. The van der Waals surface area contributed by atoms with Gasteiger partial charge in [-0.25, -0.2) is 14.4 Å². The molecular formula is C19H13ClFN5O. The maximum absolute atomic E-state index is 13.0. The summed E-state index contributed by atoms with van der Waals surface area (Å²) in [6, 6.07) is 12.2. The second-order valence-corrected chi connectivity index (χ2v) is 5.92. The number of benzene rings is 1. The molecule has 2 heterocycles. The van der Waals surface area contributed by atoms with Crippen molar-refractivity contribution < 1.29 is 9.18 Å². The molecule has 27 heavy (non-hydrogen) atoms. The molecule has 0 unspecified atom stereocenters. The van der Waals surface area contributed by atoms with E-state index in [9.17, 15) is 9.18 Å². The summed E-state index contributed by atoms with van der Waals surface area (Å²) in [5.41, 5.74) is 1.71. The molecule has 1 aromatic carbocycles. The minimum absolute atomic E-state index is 0.195. The molecule has 0 aliphatic rings. The molecule has 0 aliphatic heterocycles. The smallest absolute Gasteiger partial charge is 0.259 e. The summed E-state index contributed by atoms with van der Waals surface area (Å²) in [6.07, 6.45) is 2.98. The largest absolute Gasteiger partial charge is 0.365 e. The highest BCUT2D eigenvalue weighted by atomic mass is 35.5. The third-order valence-corrected chi connectivity index (χ3v) is 3.84. The number of pyridine rings is 2. The van der Waals surface area contributed by atoms with Crippen molar-refractivity contribution in [3.05, 3.63) is 82.5 Å². The van der Waals surface area contributed by atoms with Gasteiger partial charge < -0.3 is 10.6 Å². The molecular weight excluding hydrogens is 369 g/mol. The molecule has 8 heteroatoms. The van der Waals surface area contributed by atoms with Crippen molar-refractivity contribution in [3.63, 3.8) is 0 Å². The van der Waals surface area contributed by atoms with Crippen LogP contribution in [0.1, 0.15) is 21.5 Å². The lowest BCUT2D eigenvalue weighted by atomic mass is 10.1. The Labute approximate surface area is 159 Å². The van der Waals surface area contributed by atoms with Gasteiger partial charge in [0.1, 0.15) is 22.9 Å². The molecule has 6 nitrogen and oxygen atoms in total. The summed E-state index contributed by atoms with van der Waals surface area (Å²) < 4.78 is 13.0. The average Bonchev–Trinajstić information content (AvgIpc) is 2.69. The monoisotopic (exact) mass is 381 g/mol. The van der Waals surface area contributed by atoms with E-state index in [-0.39, 0.29) is 11.1 Å². The molecule has 0 bridgehead atoms. The van der Waals surface area contributed by atoms with Gasteiger partial charge in [0, 0.05) is 24.6 Å². The van der Waals surface area contributed by atoms with Gasteiger partial charge in [0.25, 0.3) is 5.91 Å². The first-order valence-corrected chi connectivity index (χ1v) is 8.24. The number of hydrogen-bond acceptors (Lipinski definition) is 5. The molecule has 0 spiro atoms. The zero-order valence-corrected chi connectivity index (χ0v) is 14.7. The molecule has 134 valence electrons. The lowest BCUT2D eigenvalue weighted by molar-refractivity contribution is 0.102. The normalized spacial score (nSPS) is 10.1. The first-order chi connectivity index (χ1) is 13.0. The second-order valence-electron chi connectivity index (χ2n) is 5.54. The Kier molecular flexibility index (Phi) is 5.59. The van der Waals surface area contributed by atoms with Crippen LogP contribution in [0, 0.1) is 17.1 Å². The minimum atomic E-state index is -0.470. The molecule has 0 atom stereocenters. The van der Waals surface area contributed by atoms with Crippen LogP contribution >= 0.6 is 11.6 Å². The molecule has 3 aromatic rings. The van der Waals surface area contributed by atoms with Crippen molar-refractivity contribution in [3.8, 4) is 6.07 Å². The van der Waals surface area contributed by atoms with E-state index in [1.165, 1.54) is 36.5 Å². The third kappa shape index (κ3) is 4.77. The van der Waals surface area contributed by atoms with Crippen LogP contribution in [0.4, 0.5) is 15.9 Å². The molecule has 0 radical (unpaired) electrons. The molecule has 2 N–H and O–H groups in total. The Hall–Kier alpha value is -3.50. The summed E-state index contributed by atoms with van der Waals surface area (Å²) in [5.74, 6) is -0.563. The quantitative estimate of drug-likeness (QED) is 0.652. The van der Waals surface area contributed by atoms with E-state index < -0.39 is 11.7 Å². The Morgan fingerprint density at radius 3 is 2.59 bits per heavy atom. The van der Waals surface area contributed by atoms with Gasteiger partial charge in [-0.3, -0.25) is 4.79 Å². The molecule has 0 saturated carbocycles. The van der Waals surface area contributed by atoms with Gasteiger partial charge in [-0.05, 0) is 42.0 Å². The highest BCUT2D eigenvalue weighted by Crippen LogP contribution is 2.18. The van der Waals surface area contributed by atoms with Gasteiger partial charge >= 0.3 is 0 Å². The Morgan fingerprint density at radius 1 is 1.15 bits per heavy atom. The Morgan fingerprint density at radius 2 is 1.93 bits per heavy atom. The van der Waals surface area contributed by atoms with Crippen molar-refractivity contribution in [2.24, 2.45) is 0 Å². The van der Waals surface area contributed by atoms with E-state index in [1.807, 2.05) is 6.07 Å². The van der Waals surface area contributed by atoms with Crippen LogP contribution in [0.25, 0.3) is 0 Å². The first kappa shape index (κ1) is 18.3. The summed E-state index contributed by atoms with van der Waals surface area (Å²) >= 11 is 5.76. The van der Waals surface area contributed by atoms with Crippen molar-refractivity contribution in [1.82, 2.24) is 9.97 Å². The lowest BCUT2D eigenvalue weighted by Crippen LogP contribution is -2.16. The maximum atomic E-state index is 13.0. The summed E-state index contributed by atoms with van der Waals surface area (Å²) in [5, 5.41) is 15.2. The molecule has 0 aliphatic carbocycles. The Balaban J connectivity index is 1.81. The van der Waals surface area contributed by atoms with Crippen LogP contribution in [0.3, 0.4) is 0 Å². The predicted molar refractivity (Wildman–Crippen MR) is 99.9 cm³/mol. The number of carbonyl (C=O) groups excluding carboxylic acids is 1. The van der Waals surface area contributed by atoms with Gasteiger partial charge in [-0.1, -0.05) is 17.7 Å². The average molecular weight is 382 g/mol. The molecule has 0 fully saturated rings. The Bertz CT molecular complexity index is 1000. The SMILES string of the molecule is N#Cc1cnc(NCc2ccc(Cl)nc2)c(C(=O)Nc2ccc(F)cc2)c1. The van der Waals surface area contributed by atoms with Crippen LogP contribution in [0.15, 0.2) is 54.9 Å². The van der Waals surface area contributed by atoms with E-state index in [4.69, 9.17) is 16.9 Å². The van der Waals surface area contributed by atoms with E-state index in [0.29, 0.717) is 23.2 Å². The number of nitriles is 1. The van der Waals surface area contributed by atoms with Gasteiger partial charge in [0.05, 0.1) is 11.1 Å². The maximum Gasteiger partial charge on any atom is 0.259 e. The van der Waals surface area contributed by atoms with Gasteiger partial charge in [-0.15, -0.1) is 0 Å². The van der Waals surface area contributed by atoms with Crippen LogP contribution in [0.2, 0.25) is 5.15 Å². The molecule has 1 amide bonds. The minimum Gasteiger partial charge on any atom is -0.365 e. The van der Waals surface area contributed by atoms with Crippen molar-refractivity contribution in [2.75, 3.05) is 10.6 Å². The molecule has 0 saturated heterocycles. The fourth-order valence-electron chi connectivity index (χ4n) is 2.27. The first-order valence-electron chi connectivity index (χ1n) is 7.86. The number of amides is 1. The van der Waals surface area contributed by atoms with Crippen molar-refractivity contribution in [1.29, 1.82) is 5.26 Å². The highest BCUT2D eigenvalue weighted by molar-refractivity contribution is 6.29. The van der Waals surface area contributed by atoms with E-state index >= 15 is 0 Å². The van der Waals surface area contributed by atoms with Gasteiger partial charge in [-0.2, -0.15) is 5.26 Å². The second kappa shape index (κ2) is 8.25. The zero-order chi connectivity index (χ0) is 19.2. The standard InChI is InChI=1S/C19H13ClFN5O/c20-17-6-1-12(9-23-17)10-24-18-16(7-13(8-22)11-25-18)19(27)26-15-4-2-14(21)3-5-15/h1-7,9,11H,10H2,(H,24,25)(H,26,27). The number of halogens is 2. The van der Waals surface area contributed by atoms with E-state index in [1.54, 1.807) is 18.3 Å². The van der Waals surface area contributed by atoms with Crippen LogP contribution in [-0.4, -0.2) is 15.9 Å². The number of nitrogens with one attached hydrogen (secondary N) is 2. The summed E-state index contributed by atoms with van der Waals surface area (Å²) in [4.78, 5) is 20.8. The summed E-state index contributed by atoms with van der Waals surface area (Å²) in [6.45, 7) is 0.361. The van der Waals surface area contributed by atoms with Gasteiger partial charge in [0.2, 0.25) is 0 Å². The fraction of sp³-hybridized carbons (Fsp3) is 0.0526. The van der Waals surface area contributed by atoms with Gasteiger partial charge in [0.15, 0.2) is 0 Å². The van der Waals surface area contributed by atoms with E-state index in [0.717, 1.165) is 5.56 Å². The van der Waals surface area contributed by atoms with E-state index in [2.05, 4.69) is 20.6 Å².